The van der Waals surface area contributed by atoms with Crippen LogP contribution in [-0.2, 0) is 12.3 Å². The molecular weight excluding hydrogens is 291 g/mol. The Morgan fingerprint density at radius 2 is 2.05 bits per heavy atom. The maximum atomic E-state index is 13.4. The second-order valence-corrected chi connectivity index (χ2v) is 6.62. The third kappa shape index (κ3) is 2.85. The third-order valence-electron chi connectivity index (χ3n) is 2.97. The van der Waals surface area contributed by atoms with Gasteiger partial charge in [0.05, 0.1) is 10.2 Å². The number of benzene rings is 2. The van der Waals surface area contributed by atoms with E-state index in [0.29, 0.717) is 5.56 Å². The molecule has 0 aliphatic carbocycles. The Balaban J connectivity index is 1.75. The maximum absolute atomic E-state index is 13.4. The summed E-state index contributed by atoms with van der Waals surface area (Å²) < 4.78 is 15.6. The van der Waals surface area contributed by atoms with Crippen molar-refractivity contribution in [1.29, 1.82) is 0 Å². The molecule has 1 heterocycles. The molecule has 3 aromatic rings. The number of thioether (sulfide) groups is 1. The highest BCUT2D eigenvalue weighted by atomic mass is 32.2. The number of halogens is 1. The molecule has 20 heavy (non-hydrogen) atoms. The van der Waals surface area contributed by atoms with E-state index in [-0.39, 0.29) is 12.4 Å². The first-order chi connectivity index (χ1) is 9.76. The summed E-state index contributed by atoms with van der Waals surface area (Å²) in [5, 5.41) is 0. The van der Waals surface area contributed by atoms with Crippen molar-refractivity contribution in [2.75, 3.05) is 0 Å². The molecular formula is C15H13FN2S2. The number of para-hydroxylation sites is 1. The van der Waals surface area contributed by atoms with Crippen molar-refractivity contribution in [3.63, 3.8) is 0 Å². The van der Waals surface area contributed by atoms with Gasteiger partial charge in [0.15, 0.2) is 4.34 Å². The van der Waals surface area contributed by atoms with Crippen molar-refractivity contribution in [3.8, 4) is 0 Å². The molecule has 0 aliphatic rings. The normalized spacial score (nSPS) is 11.1. The molecule has 0 spiro atoms. The molecule has 0 fully saturated rings. The van der Waals surface area contributed by atoms with Crippen LogP contribution in [0.1, 0.15) is 11.1 Å². The highest BCUT2D eigenvalue weighted by Gasteiger charge is 2.06. The number of rotatable bonds is 4. The van der Waals surface area contributed by atoms with Gasteiger partial charge in [-0.05, 0) is 23.8 Å². The van der Waals surface area contributed by atoms with Crippen molar-refractivity contribution >= 4 is 33.3 Å². The lowest BCUT2D eigenvalue weighted by Crippen LogP contribution is -2.00. The SMILES string of the molecule is NCc1cc(CSc2nc3ccccc3s2)ccc1F. The minimum Gasteiger partial charge on any atom is -0.326 e. The van der Waals surface area contributed by atoms with Crippen molar-refractivity contribution in [1.82, 2.24) is 4.98 Å². The Labute approximate surface area is 124 Å². The monoisotopic (exact) mass is 304 g/mol. The average Bonchev–Trinajstić information content (AvgIpc) is 2.89. The third-order valence-corrected chi connectivity index (χ3v) is 5.22. The van der Waals surface area contributed by atoms with E-state index in [4.69, 9.17) is 5.73 Å². The van der Waals surface area contributed by atoms with E-state index in [2.05, 4.69) is 11.1 Å². The molecule has 102 valence electrons. The summed E-state index contributed by atoms with van der Waals surface area (Å²) in [6.45, 7) is 0.228. The lowest BCUT2D eigenvalue weighted by molar-refractivity contribution is 0.610. The van der Waals surface area contributed by atoms with Crippen LogP contribution >= 0.6 is 23.1 Å². The molecule has 0 amide bonds. The van der Waals surface area contributed by atoms with Gasteiger partial charge in [-0.25, -0.2) is 9.37 Å². The van der Waals surface area contributed by atoms with E-state index < -0.39 is 0 Å². The van der Waals surface area contributed by atoms with Crippen LogP contribution in [0.15, 0.2) is 46.8 Å². The molecule has 1 aromatic heterocycles. The smallest absolute Gasteiger partial charge is 0.151 e. The van der Waals surface area contributed by atoms with Gasteiger partial charge in [-0.15, -0.1) is 11.3 Å². The van der Waals surface area contributed by atoms with Crippen molar-refractivity contribution in [3.05, 3.63) is 59.4 Å². The van der Waals surface area contributed by atoms with Crippen LogP contribution in [0.4, 0.5) is 4.39 Å². The van der Waals surface area contributed by atoms with Crippen LogP contribution in [0.25, 0.3) is 10.2 Å². The zero-order valence-corrected chi connectivity index (χ0v) is 12.3. The summed E-state index contributed by atoms with van der Waals surface area (Å²) in [4.78, 5) is 4.57. The van der Waals surface area contributed by atoms with Gasteiger partial charge >= 0.3 is 0 Å². The first kappa shape index (κ1) is 13.5. The predicted molar refractivity (Wildman–Crippen MR) is 83.5 cm³/mol. The molecule has 0 saturated heterocycles. The van der Waals surface area contributed by atoms with Gasteiger partial charge in [0.1, 0.15) is 5.82 Å². The quantitative estimate of drug-likeness (QED) is 0.735. The molecule has 3 rings (SSSR count). The largest absolute Gasteiger partial charge is 0.326 e. The van der Waals surface area contributed by atoms with Gasteiger partial charge in [0.25, 0.3) is 0 Å². The van der Waals surface area contributed by atoms with E-state index in [0.717, 1.165) is 21.2 Å². The lowest BCUT2D eigenvalue weighted by atomic mass is 10.1. The van der Waals surface area contributed by atoms with Crippen molar-refractivity contribution < 1.29 is 4.39 Å². The number of hydrogen-bond acceptors (Lipinski definition) is 4. The minimum atomic E-state index is -0.235. The Bertz CT molecular complexity index is 707. The van der Waals surface area contributed by atoms with Crippen LogP contribution in [0.2, 0.25) is 0 Å². The second-order valence-electron chi connectivity index (χ2n) is 4.37. The highest BCUT2D eigenvalue weighted by Crippen LogP contribution is 2.31. The second kappa shape index (κ2) is 5.91. The van der Waals surface area contributed by atoms with Gasteiger partial charge in [-0.2, -0.15) is 0 Å². The van der Waals surface area contributed by atoms with Crippen LogP contribution in [0.5, 0.6) is 0 Å². The Hall–Kier alpha value is -1.43. The van der Waals surface area contributed by atoms with E-state index in [1.807, 2.05) is 24.3 Å². The Morgan fingerprint density at radius 1 is 1.20 bits per heavy atom. The Morgan fingerprint density at radius 3 is 2.85 bits per heavy atom. The molecule has 0 saturated carbocycles. The highest BCUT2D eigenvalue weighted by molar-refractivity contribution is 8.00. The Kier molecular flexibility index (Phi) is 4.00. The lowest BCUT2D eigenvalue weighted by Gasteiger charge is -2.03. The molecule has 0 unspecified atom stereocenters. The minimum absolute atomic E-state index is 0.228. The van der Waals surface area contributed by atoms with Crippen LogP contribution in [-0.4, -0.2) is 4.98 Å². The van der Waals surface area contributed by atoms with Crippen LogP contribution in [0, 0.1) is 5.82 Å². The summed E-state index contributed by atoms with van der Waals surface area (Å²) >= 11 is 3.35. The number of nitrogens with two attached hydrogens (primary N) is 1. The molecule has 0 bridgehead atoms. The maximum Gasteiger partial charge on any atom is 0.151 e. The van der Waals surface area contributed by atoms with E-state index in [9.17, 15) is 4.39 Å². The summed E-state index contributed by atoms with van der Waals surface area (Å²) in [6, 6.07) is 13.2. The summed E-state index contributed by atoms with van der Waals surface area (Å²) in [7, 11) is 0. The first-order valence-corrected chi connectivity index (χ1v) is 8.02. The summed E-state index contributed by atoms with van der Waals surface area (Å²) in [5.74, 6) is 0.536. The molecule has 5 heteroatoms. The van der Waals surface area contributed by atoms with Gasteiger partial charge in [0, 0.05) is 17.9 Å². The van der Waals surface area contributed by atoms with Crippen LogP contribution in [0.3, 0.4) is 0 Å². The van der Waals surface area contributed by atoms with Crippen LogP contribution < -0.4 is 5.73 Å². The van der Waals surface area contributed by atoms with E-state index >= 15 is 0 Å². The van der Waals surface area contributed by atoms with Crippen molar-refractivity contribution in [2.24, 2.45) is 5.73 Å². The van der Waals surface area contributed by atoms with Crippen molar-refractivity contribution in [2.45, 2.75) is 16.6 Å². The van der Waals surface area contributed by atoms with E-state index in [1.54, 1.807) is 29.2 Å². The number of nitrogens with zero attached hydrogens (tertiary/aromatic N) is 1. The molecule has 0 radical (unpaired) electrons. The number of fused-ring (bicyclic) bond motifs is 1. The molecule has 0 aliphatic heterocycles. The molecule has 2 aromatic carbocycles. The standard InChI is InChI=1S/C15H13FN2S2/c16-12-6-5-10(7-11(12)8-17)9-19-15-18-13-3-1-2-4-14(13)20-15/h1-7H,8-9,17H2. The summed E-state index contributed by atoms with van der Waals surface area (Å²) in [5.41, 5.74) is 8.18. The number of aromatic nitrogens is 1. The summed E-state index contributed by atoms with van der Waals surface area (Å²) in [6.07, 6.45) is 0. The van der Waals surface area contributed by atoms with E-state index in [1.165, 1.54) is 10.8 Å². The number of thiazole rings is 1. The predicted octanol–water partition coefficient (Wildman–Crippen LogP) is 4.19. The topological polar surface area (TPSA) is 38.9 Å². The fourth-order valence-corrected chi connectivity index (χ4v) is 3.94. The van der Waals surface area contributed by atoms with Gasteiger partial charge in [-0.3, -0.25) is 0 Å². The average molecular weight is 304 g/mol. The van der Waals surface area contributed by atoms with Gasteiger partial charge in [-0.1, -0.05) is 36.0 Å². The molecule has 2 nitrogen and oxygen atoms in total. The molecule has 0 atom stereocenters. The molecule has 2 N–H and O–H groups in total. The number of hydrogen-bond donors (Lipinski definition) is 1. The first-order valence-electron chi connectivity index (χ1n) is 6.22. The fourth-order valence-electron chi connectivity index (χ4n) is 1.93. The fraction of sp³-hybridized carbons (Fsp3) is 0.133. The van der Waals surface area contributed by atoms with Gasteiger partial charge < -0.3 is 5.73 Å². The zero-order valence-electron chi connectivity index (χ0n) is 10.7. The van der Waals surface area contributed by atoms with Gasteiger partial charge in [0.2, 0.25) is 0 Å². The zero-order chi connectivity index (χ0) is 13.9.